The monoisotopic (exact) mass is 338 g/mol. The van der Waals surface area contributed by atoms with Crippen LogP contribution in [-0.4, -0.2) is 11.6 Å². The molecule has 0 radical (unpaired) electrons. The SMILES string of the molecule is Nc1c[nH]c2ccc(CCOc3ccc(C(F)(F)F)cc3)c(F)c12. The van der Waals surface area contributed by atoms with E-state index in [2.05, 4.69) is 4.98 Å². The summed E-state index contributed by atoms with van der Waals surface area (Å²) in [6.07, 6.45) is -2.59. The first-order valence-electron chi connectivity index (χ1n) is 7.20. The van der Waals surface area contributed by atoms with Crippen molar-refractivity contribution in [2.75, 3.05) is 12.3 Å². The van der Waals surface area contributed by atoms with E-state index in [0.29, 0.717) is 27.9 Å². The third-order valence-corrected chi connectivity index (χ3v) is 3.72. The first-order valence-corrected chi connectivity index (χ1v) is 7.20. The lowest BCUT2D eigenvalue weighted by Crippen LogP contribution is -2.06. The van der Waals surface area contributed by atoms with Crippen LogP contribution in [0.4, 0.5) is 23.2 Å². The van der Waals surface area contributed by atoms with Gasteiger partial charge < -0.3 is 15.5 Å². The summed E-state index contributed by atoms with van der Waals surface area (Å²) in [7, 11) is 0. The van der Waals surface area contributed by atoms with Crippen LogP contribution in [0.1, 0.15) is 11.1 Å². The Hall–Kier alpha value is -2.70. The normalized spacial score (nSPS) is 11.8. The molecule has 2 aromatic carbocycles. The predicted molar refractivity (Wildman–Crippen MR) is 83.3 cm³/mol. The van der Waals surface area contributed by atoms with Crippen molar-refractivity contribution >= 4 is 16.6 Å². The Morgan fingerprint density at radius 2 is 1.75 bits per heavy atom. The van der Waals surface area contributed by atoms with Crippen LogP contribution in [-0.2, 0) is 12.6 Å². The lowest BCUT2D eigenvalue weighted by Gasteiger charge is -2.10. The molecule has 24 heavy (non-hydrogen) atoms. The van der Waals surface area contributed by atoms with Crippen LogP contribution in [0.3, 0.4) is 0 Å². The molecule has 0 spiro atoms. The number of benzene rings is 2. The largest absolute Gasteiger partial charge is 0.493 e. The van der Waals surface area contributed by atoms with Crippen LogP contribution in [0, 0.1) is 5.82 Å². The number of halogens is 4. The van der Waals surface area contributed by atoms with Gasteiger partial charge in [-0.05, 0) is 35.9 Å². The lowest BCUT2D eigenvalue weighted by molar-refractivity contribution is -0.137. The minimum absolute atomic E-state index is 0.137. The number of aromatic amines is 1. The molecule has 1 aromatic heterocycles. The second-order valence-corrected chi connectivity index (χ2v) is 5.33. The fourth-order valence-corrected chi connectivity index (χ4v) is 2.46. The lowest BCUT2D eigenvalue weighted by atomic mass is 10.1. The van der Waals surface area contributed by atoms with Crippen molar-refractivity contribution < 1.29 is 22.3 Å². The zero-order chi connectivity index (χ0) is 17.3. The Morgan fingerprint density at radius 3 is 2.42 bits per heavy atom. The van der Waals surface area contributed by atoms with Gasteiger partial charge in [0, 0.05) is 12.6 Å². The number of fused-ring (bicyclic) bond motifs is 1. The molecule has 126 valence electrons. The highest BCUT2D eigenvalue weighted by molar-refractivity contribution is 5.92. The van der Waals surface area contributed by atoms with Crippen LogP contribution in [0.15, 0.2) is 42.6 Å². The summed E-state index contributed by atoms with van der Waals surface area (Å²) in [5, 5.41) is 0.335. The van der Waals surface area contributed by atoms with Crippen LogP contribution < -0.4 is 10.5 Å². The summed E-state index contributed by atoms with van der Waals surface area (Å²) in [6.45, 7) is 0.137. The highest BCUT2D eigenvalue weighted by Gasteiger charge is 2.30. The van der Waals surface area contributed by atoms with E-state index in [0.717, 1.165) is 12.1 Å². The summed E-state index contributed by atoms with van der Waals surface area (Å²) in [5.41, 5.74) is 6.35. The van der Waals surface area contributed by atoms with Gasteiger partial charge in [0.05, 0.1) is 28.8 Å². The molecule has 0 saturated heterocycles. The van der Waals surface area contributed by atoms with Crippen molar-refractivity contribution in [3.8, 4) is 5.75 Å². The Balaban J connectivity index is 1.66. The van der Waals surface area contributed by atoms with Gasteiger partial charge in [-0.2, -0.15) is 13.2 Å². The summed E-state index contributed by atoms with van der Waals surface area (Å²) in [6, 6.07) is 7.73. The first-order chi connectivity index (χ1) is 11.4. The van der Waals surface area contributed by atoms with Crippen LogP contribution in [0.2, 0.25) is 0 Å². The Labute approximate surface area is 135 Å². The number of aromatic nitrogens is 1. The number of alkyl halides is 3. The van der Waals surface area contributed by atoms with Crippen molar-refractivity contribution in [1.82, 2.24) is 4.98 Å². The van der Waals surface area contributed by atoms with Crippen molar-refractivity contribution in [2.24, 2.45) is 0 Å². The number of nitrogens with two attached hydrogens (primary N) is 1. The Bertz CT molecular complexity index is 853. The van der Waals surface area contributed by atoms with Crippen molar-refractivity contribution in [3.05, 3.63) is 59.5 Å². The van der Waals surface area contributed by atoms with Crippen LogP contribution in [0.25, 0.3) is 10.9 Å². The van der Waals surface area contributed by atoms with Crippen LogP contribution in [0.5, 0.6) is 5.75 Å². The molecule has 0 amide bonds. The van der Waals surface area contributed by atoms with E-state index in [-0.39, 0.29) is 13.0 Å². The van der Waals surface area contributed by atoms with Gasteiger partial charge in [0.15, 0.2) is 0 Å². The number of rotatable bonds is 4. The van der Waals surface area contributed by atoms with E-state index in [1.54, 1.807) is 12.1 Å². The smallest absolute Gasteiger partial charge is 0.416 e. The molecular formula is C17H14F4N2O. The molecule has 0 unspecified atom stereocenters. The van der Waals surface area contributed by atoms with Gasteiger partial charge in [0.25, 0.3) is 0 Å². The van der Waals surface area contributed by atoms with Gasteiger partial charge in [0.2, 0.25) is 0 Å². The van der Waals surface area contributed by atoms with E-state index in [1.807, 2.05) is 0 Å². The summed E-state index contributed by atoms with van der Waals surface area (Å²) >= 11 is 0. The molecule has 0 aliphatic heterocycles. The fourth-order valence-electron chi connectivity index (χ4n) is 2.46. The van der Waals surface area contributed by atoms with Crippen LogP contribution >= 0.6 is 0 Å². The highest BCUT2D eigenvalue weighted by Crippen LogP contribution is 2.30. The van der Waals surface area contributed by atoms with Crippen molar-refractivity contribution in [3.63, 3.8) is 0 Å². The maximum atomic E-state index is 14.4. The molecule has 0 fully saturated rings. The summed E-state index contributed by atoms with van der Waals surface area (Å²) in [4.78, 5) is 2.87. The molecule has 0 bridgehead atoms. The summed E-state index contributed by atoms with van der Waals surface area (Å²) in [5.74, 6) is -0.118. The molecular weight excluding hydrogens is 324 g/mol. The first kappa shape index (κ1) is 16.2. The zero-order valence-corrected chi connectivity index (χ0v) is 12.5. The predicted octanol–water partition coefficient (Wildman–Crippen LogP) is 4.53. The number of nitrogen functional groups attached to an aromatic ring is 1. The van der Waals surface area contributed by atoms with Gasteiger partial charge in [-0.1, -0.05) is 6.07 Å². The molecule has 3 nitrogen and oxygen atoms in total. The Kier molecular flexibility index (Phi) is 4.09. The van der Waals surface area contributed by atoms with Gasteiger partial charge in [0.1, 0.15) is 11.6 Å². The summed E-state index contributed by atoms with van der Waals surface area (Å²) < 4.78 is 57.2. The average Bonchev–Trinajstić information content (AvgIpc) is 2.91. The third kappa shape index (κ3) is 3.15. The number of H-pyrrole nitrogens is 1. The minimum Gasteiger partial charge on any atom is -0.493 e. The average molecular weight is 338 g/mol. The highest BCUT2D eigenvalue weighted by atomic mass is 19.4. The van der Waals surface area contributed by atoms with E-state index < -0.39 is 17.6 Å². The van der Waals surface area contributed by atoms with Gasteiger partial charge in [-0.25, -0.2) is 4.39 Å². The van der Waals surface area contributed by atoms with Crippen molar-refractivity contribution in [2.45, 2.75) is 12.6 Å². The van der Waals surface area contributed by atoms with E-state index in [1.165, 1.54) is 18.3 Å². The molecule has 3 aromatic rings. The number of hydrogen-bond acceptors (Lipinski definition) is 2. The number of nitrogens with one attached hydrogen (secondary N) is 1. The molecule has 1 heterocycles. The number of hydrogen-bond donors (Lipinski definition) is 2. The topological polar surface area (TPSA) is 51.0 Å². The van der Waals surface area contributed by atoms with E-state index >= 15 is 0 Å². The van der Waals surface area contributed by atoms with Crippen molar-refractivity contribution in [1.29, 1.82) is 0 Å². The second kappa shape index (κ2) is 6.07. The number of ether oxygens (including phenoxy) is 1. The second-order valence-electron chi connectivity index (χ2n) is 5.33. The van der Waals surface area contributed by atoms with Gasteiger partial charge in [-0.3, -0.25) is 0 Å². The van der Waals surface area contributed by atoms with E-state index in [4.69, 9.17) is 10.5 Å². The standard InChI is InChI=1S/C17H14F4N2O/c18-16-10(1-6-14-15(16)13(22)9-23-14)7-8-24-12-4-2-11(3-5-12)17(19,20)21/h1-6,9,23H,7-8,22H2. The Morgan fingerprint density at radius 1 is 1.04 bits per heavy atom. The molecule has 0 aliphatic rings. The molecule has 0 aliphatic carbocycles. The molecule has 0 atom stereocenters. The van der Waals surface area contributed by atoms with Gasteiger partial charge >= 0.3 is 6.18 Å². The van der Waals surface area contributed by atoms with E-state index in [9.17, 15) is 17.6 Å². The molecule has 0 saturated carbocycles. The fraction of sp³-hybridized carbons (Fsp3) is 0.176. The molecule has 7 heteroatoms. The maximum absolute atomic E-state index is 14.4. The minimum atomic E-state index is -4.38. The molecule has 3 rings (SSSR count). The molecule has 3 N–H and O–H groups in total. The maximum Gasteiger partial charge on any atom is 0.416 e. The zero-order valence-electron chi connectivity index (χ0n) is 12.5. The van der Waals surface area contributed by atoms with Gasteiger partial charge in [-0.15, -0.1) is 0 Å². The quantitative estimate of drug-likeness (QED) is 0.687. The number of anilines is 1. The third-order valence-electron chi connectivity index (χ3n) is 3.72.